The summed E-state index contributed by atoms with van der Waals surface area (Å²) in [6.45, 7) is 6.00. The van der Waals surface area contributed by atoms with E-state index >= 15 is 0 Å². The van der Waals surface area contributed by atoms with Crippen LogP contribution in [0.15, 0.2) is 60.7 Å². The Balaban J connectivity index is 1.35. The van der Waals surface area contributed by atoms with E-state index in [0.717, 1.165) is 84.9 Å². The van der Waals surface area contributed by atoms with Crippen molar-refractivity contribution in [2.45, 2.75) is 25.9 Å². The second-order valence-corrected chi connectivity index (χ2v) is 10.9. The highest BCUT2D eigenvalue weighted by Crippen LogP contribution is 2.29. The molecule has 3 aromatic carbocycles. The largest absolute Gasteiger partial charge is 0.313 e. The monoisotopic (exact) mass is 508 g/mol. The van der Waals surface area contributed by atoms with E-state index in [2.05, 4.69) is 109 Å². The molecule has 0 fully saturated rings. The highest BCUT2D eigenvalue weighted by atomic mass is 15.1. The van der Waals surface area contributed by atoms with Crippen LogP contribution in [0.25, 0.3) is 43.6 Å². The summed E-state index contributed by atoms with van der Waals surface area (Å²) in [5.41, 5.74) is 6.54. The van der Waals surface area contributed by atoms with Crippen molar-refractivity contribution in [3.63, 3.8) is 0 Å². The second kappa shape index (κ2) is 12.1. The van der Waals surface area contributed by atoms with Gasteiger partial charge in [-0.05, 0) is 115 Å². The van der Waals surface area contributed by atoms with Crippen molar-refractivity contribution in [2.75, 3.05) is 54.4 Å². The Bertz CT molecular complexity index is 1430. The SMILES string of the molecule is CN(C)CCCNCc1ccc2nc3c(ccc4cc5cc(CNCCCN(C)C)ccc5nc43)cc2c1. The predicted molar refractivity (Wildman–Crippen MR) is 162 cm³/mol. The third-order valence-corrected chi connectivity index (χ3v) is 7.06. The molecule has 6 heteroatoms. The lowest BCUT2D eigenvalue weighted by atomic mass is 10.0. The molecule has 6 nitrogen and oxygen atoms in total. The van der Waals surface area contributed by atoms with E-state index in [9.17, 15) is 0 Å². The topological polar surface area (TPSA) is 56.3 Å². The molecule has 0 amide bonds. The number of hydrogen-bond donors (Lipinski definition) is 2. The van der Waals surface area contributed by atoms with Crippen LogP contribution in [-0.2, 0) is 13.1 Å². The first-order valence-corrected chi connectivity index (χ1v) is 13.7. The molecule has 0 unspecified atom stereocenters. The van der Waals surface area contributed by atoms with Gasteiger partial charge in [-0.2, -0.15) is 0 Å². The summed E-state index contributed by atoms with van der Waals surface area (Å²) in [7, 11) is 8.47. The lowest BCUT2D eigenvalue weighted by Crippen LogP contribution is -2.20. The second-order valence-electron chi connectivity index (χ2n) is 10.9. The summed E-state index contributed by atoms with van der Waals surface area (Å²) in [4.78, 5) is 14.6. The van der Waals surface area contributed by atoms with Crippen molar-refractivity contribution in [3.8, 4) is 0 Å². The van der Waals surface area contributed by atoms with Crippen molar-refractivity contribution >= 4 is 43.6 Å². The average Bonchev–Trinajstić information content (AvgIpc) is 2.90. The molecule has 2 heterocycles. The number of nitrogens with one attached hydrogen (secondary N) is 2. The van der Waals surface area contributed by atoms with Gasteiger partial charge in [0.1, 0.15) is 0 Å². The maximum Gasteiger partial charge on any atom is 0.0972 e. The maximum atomic E-state index is 5.07. The van der Waals surface area contributed by atoms with E-state index in [1.54, 1.807) is 0 Å². The quantitative estimate of drug-likeness (QED) is 0.138. The van der Waals surface area contributed by atoms with Crippen LogP contribution >= 0.6 is 0 Å². The van der Waals surface area contributed by atoms with Crippen molar-refractivity contribution in [1.29, 1.82) is 0 Å². The Morgan fingerprint density at radius 2 is 1.00 bits per heavy atom. The third-order valence-electron chi connectivity index (χ3n) is 7.06. The lowest BCUT2D eigenvalue weighted by molar-refractivity contribution is 0.394. The molecule has 0 radical (unpaired) electrons. The lowest BCUT2D eigenvalue weighted by Gasteiger charge is -2.11. The van der Waals surface area contributed by atoms with E-state index in [0.29, 0.717) is 0 Å². The average molecular weight is 509 g/mol. The minimum Gasteiger partial charge on any atom is -0.313 e. The van der Waals surface area contributed by atoms with Crippen LogP contribution in [0.5, 0.6) is 0 Å². The van der Waals surface area contributed by atoms with E-state index in [1.807, 2.05) is 0 Å². The molecule has 0 saturated heterocycles. The van der Waals surface area contributed by atoms with Gasteiger partial charge in [0, 0.05) is 34.6 Å². The van der Waals surface area contributed by atoms with Crippen molar-refractivity contribution in [1.82, 2.24) is 30.4 Å². The zero-order valence-corrected chi connectivity index (χ0v) is 23.2. The first kappa shape index (κ1) is 26.4. The highest BCUT2D eigenvalue weighted by molar-refractivity contribution is 6.09. The van der Waals surface area contributed by atoms with Crippen LogP contribution in [-0.4, -0.2) is 74.1 Å². The van der Waals surface area contributed by atoms with Crippen LogP contribution in [0, 0.1) is 0 Å². The zero-order chi connectivity index (χ0) is 26.5. The minimum absolute atomic E-state index is 0.875. The Morgan fingerprint density at radius 1 is 0.553 bits per heavy atom. The van der Waals surface area contributed by atoms with E-state index in [4.69, 9.17) is 9.97 Å². The number of nitrogens with zero attached hydrogens (tertiary/aromatic N) is 4. The van der Waals surface area contributed by atoms with Gasteiger partial charge in [0.05, 0.1) is 22.1 Å². The van der Waals surface area contributed by atoms with Crippen molar-refractivity contribution in [2.24, 2.45) is 0 Å². The van der Waals surface area contributed by atoms with Gasteiger partial charge >= 0.3 is 0 Å². The number of fused-ring (bicyclic) bond motifs is 5. The number of aromatic nitrogens is 2. The molecule has 38 heavy (non-hydrogen) atoms. The fourth-order valence-corrected chi connectivity index (χ4v) is 5.02. The fourth-order valence-electron chi connectivity index (χ4n) is 5.02. The van der Waals surface area contributed by atoms with Gasteiger partial charge in [0.15, 0.2) is 0 Å². The molecule has 5 rings (SSSR count). The van der Waals surface area contributed by atoms with Gasteiger partial charge in [-0.25, -0.2) is 9.97 Å². The summed E-state index contributed by atoms with van der Waals surface area (Å²) in [6.07, 6.45) is 2.30. The van der Waals surface area contributed by atoms with Crippen LogP contribution in [0.3, 0.4) is 0 Å². The normalized spacial score (nSPS) is 12.2. The van der Waals surface area contributed by atoms with Gasteiger partial charge in [-0.15, -0.1) is 0 Å². The first-order chi connectivity index (χ1) is 18.5. The number of rotatable bonds is 12. The summed E-state index contributed by atoms with van der Waals surface area (Å²) < 4.78 is 0. The van der Waals surface area contributed by atoms with Gasteiger partial charge in [-0.1, -0.05) is 24.3 Å². The molecular weight excluding hydrogens is 468 g/mol. The highest BCUT2D eigenvalue weighted by Gasteiger charge is 2.09. The molecule has 2 aromatic heterocycles. The van der Waals surface area contributed by atoms with Crippen LogP contribution in [0.4, 0.5) is 0 Å². The molecule has 0 bridgehead atoms. The van der Waals surface area contributed by atoms with Gasteiger partial charge in [0.25, 0.3) is 0 Å². The number of pyridine rings is 2. The molecule has 2 N–H and O–H groups in total. The Morgan fingerprint density at radius 3 is 1.42 bits per heavy atom. The molecule has 0 aliphatic carbocycles. The van der Waals surface area contributed by atoms with Crippen LogP contribution < -0.4 is 10.6 Å². The molecular formula is C32H40N6. The molecule has 0 saturated carbocycles. The smallest absolute Gasteiger partial charge is 0.0972 e. The molecule has 0 atom stereocenters. The molecule has 0 aliphatic heterocycles. The Hall–Kier alpha value is -3.16. The predicted octanol–water partition coefficient (Wildman–Crippen LogP) is 5.17. The molecule has 198 valence electrons. The standard InChI is InChI=1S/C32H40N6/c1-37(2)15-5-13-33-21-23-7-11-29-27(17-23)19-25-9-10-26-20-28-18-24(22-34-14-6-16-38(3)4)8-12-30(28)36-32(26)31(25)35-29/h7-12,17-20,33-34H,5-6,13-16,21-22H2,1-4H3. The molecule has 0 spiro atoms. The summed E-state index contributed by atoms with van der Waals surface area (Å²) in [5.74, 6) is 0. The fraction of sp³-hybridized carbons (Fsp3) is 0.375. The van der Waals surface area contributed by atoms with E-state index < -0.39 is 0 Å². The molecule has 5 aromatic rings. The number of benzene rings is 3. The minimum atomic E-state index is 0.875. The van der Waals surface area contributed by atoms with Gasteiger partial charge in [-0.3, -0.25) is 0 Å². The van der Waals surface area contributed by atoms with Crippen LogP contribution in [0.1, 0.15) is 24.0 Å². The maximum absolute atomic E-state index is 5.07. The zero-order valence-electron chi connectivity index (χ0n) is 23.2. The summed E-state index contributed by atoms with van der Waals surface area (Å²) in [6, 6.07) is 22.0. The van der Waals surface area contributed by atoms with Crippen molar-refractivity contribution < 1.29 is 0 Å². The summed E-state index contributed by atoms with van der Waals surface area (Å²) >= 11 is 0. The third kappa shape index (κ3) is 6.45. The van der Waals surface area contributed by atoms with Crippen molar-refractivity contribution in [3.05, 3.63) is 71.8 Å². The first-order valence-electron chi connectivity index (χ1n) is 13.7. The van der Waals surface area contributed by atoms with Gasteiger partial charge in [0.2, 0.25) is 0 Å². The molecule has 0 aliphatic rings. The Kier molecular flexibility index (Phi) is 8.45. The van der Waals surface area contributed by atoms with Crippen LogP contribution in [0.2, 0.25) is 0 Å². The number of hydrogen-bond acceptors (Lipinski definition) is 6. The van der Waals surface area contributed by atoms with E-state index in [1.165, 1.54) is 21.9 Å². The van der Waals surface area contributed by atoms with E-state index in [-0.39, 0.29) is 0 Å². The summed E-state index contributed by atoms with van der Waals surface area (Å²) in [5, 5.41) is 11.7. The Labute approximate surface area is 226 Å². The van der Waals surface area contributed by atoms with Gasteiger partial charge < -0.3 is 20.4 Å².